The second kappa shape index (κ2) is 6.64. The van der Waals surface area contributed by atoms with E-state index in [1.165, 1.54) is 21.1 Å². The molecular formula is C18H15FN6S. The van der Waals surface area contributed by atoms with Gasteiger partial charge < -0.3 is 0 Å². The highest BCUT2D eigenvalue weighted by molar-refractivity contribution is 7.71. The van der Waals surface area contributed by atoms with Crippen molar-refractivity contribution in [1.82, 2.24) is 30.0 Å². The predicted octanol–water partition coefficient (Wildman–Crippen LogP) is 3.68. The third-order valence-corrected chi connectivity index (χ3v) is 4.37. The maximum absolute atomic E-state index is 14.0. The summed E-state index contributed by atoms with van der Waals surface area (Å²) in [5.74, 6) is 0.0297. The van der Waals surface area contributed by atoms with Gasteiger partial charge in [-0.1, -0.05) is 54.2 Å². The van der Waals surface area contributed by atoms with Crippen LogP contribution in [0.25, 0.3) is 17.1 Å². The van der Waals surface area contributed by atoms with Crippen molar-refractivity contribution in [2.24, 2.45) is 0 Å². The van der Waals surface area contributed by atoms with Crippen LogP contribution in [0.5, 0.6) is 0 Å². The molecule has 26 heavy (non-hydrogen) atoms. The second-order valence-corrected chi connectivity index (χ2v) is 6.30. The lowest BCUT2D eigenvalue weighted by Gasteiger charge is -2.03. The molecule has 4 rings (SSSR count). The topological polar surface area (TPSA) is 64.3 Å². The number of para-hydroxylation sites is 1. The summed E-state index contributed by atoms with van der Waals surface area (Å²) in [5, 5.41) is 15.5. The molecule has 2 aromatic carbocycles. The minimum atomic E-state index is -0.368. The molecule has 0 saturated carbocycles. The Morgan fingerprint density at radius 1 is 1.15 bits per heavy atom. The minimum Gasteiger partial charge on any atom is -0.299 e. The van der Waals surface area contributed by atoms with E-state index in [0.717, 1.165) is 5.56 Å². The van der Waals surface area contributed by atoms with Crippen LogP contribution in [-0.4, -0.2) is 30.0 Å². The lowest BCUT2D eigenvalue weighted by atomic mass is 10.1. The first-order chi connectivity index (χ1) is 12.6. The van der Waals surface area contributed by atoms with Gasteiger partial charge in [0.05, 0.1) is 17.8 Å². The summed E-state index contributed by atoms with van der Waals surface area (Å²) in [6, 6.07) is 14.5. The molecule has 130 valence electrons. The Morgan fingerprint density at radius 2 is 2.00 bits per heavy atom. The fourth-order valence-corrected chi connectivity index (χ4v) is 3.04. The number of nitrogens with zero attached hydrogens (tertiary/aromatic N) is 5. The average molecular weight is 366 g/mol. The van der Waals surface area contributed by atoms with Gasteiger partial charge in [0.25, 0.3) is 0 Å². The number of aromatic amines is 1. The SMILES string of the molecule is Cc1cccc(Cn2nnc(-c3c[nH]n(-c4ccccc4F)c3=S)n2)c1. The molecule has 0 aliphatic rings. The molecule has 1 N–H and O–H groups in total. The first-order valence-electron chi connectivity index (χ1n) is 8.01. The number of hydrogen-bond acceptors (Lipinski definition) is 4. The van der Waals surface area contributed by atoms with E-state index < -0.39 is 0 Å². The molecule has 0 radical (unpaired) electrons. The first-order valence-corrected chi connectivity index (χ1v) is 8.42. The Morgan fingerprint density at radius 3 is 2.81 bits per heavy atom. The molecule has 0 aliphatic carbocycles. The molecule has 0 saturated heterocycles. The van der Waals surface area contributed by atoms with Gasteiger partial charge in [-0.05, 0) is 29.8 Å². The van der Waals surface area contributed by atoms with Gasteiger partial charge in [0, 0.05) is 6.20 Å². The molecular weight excluding hydrogens is 351 g/mol. The van der Waals surface area contributed by atoms with Gasteiger partial charge in [-0.25, -0.2) is 9.07 Å². The van der Waals surface area contributed by atoms with Crippen LogP contribution in [0, 0.1) is 17.4 Å². The Balaban J connectivity index is 1.65. The van der Waals surface area contributed by atoms with Gasteiger partial charge in [-0.3, -0.25) is 5.10 Å². The number of benzene rings is 2. The van der Waals surface area contributed by atoms with Gasteiger partial charge in [-0.15, -0.1) is 10.2 Å². The number of hydrogen-bond donors (Lipinski definition) is 1. The summed E-state index contributed by atoms with van der Waals surface area (Å²) < 4.78 is 15.9. The summed E-state index contributed by atoms with van der Waals surface area (Å²) in [7, 11) is 0. The van der Waals surface area contributed by atoms with Crippen molar-refractivity contribution in [2.45, 2.75) is 13.5 Å². The van der Waals surface area contributed by atoms with E-state index >= 15 is 0 Å². The van der Waals surface area contributed by atoms with Crippen molar-refractivity contribution < 1.29 is 4.39 Å². The smallest absolute Gasteiger partial charge is 0.209 e. The van der Waals surface area contributed by atoms with Crippen molar-refractivity contribution in [3.8, 4) is 17.1 Å². The number of aromatic nitrogens is 6. The highest BCUT2D eigenvalue weighted by atomic mass is 32.1. The molecule has 6 nitrogen and oxygen atoms in total. The molecule has 0 unspecified atom stereocenters. The lowest BCUT2D eigenvalue weighted by molar-refractivity contribution is 0.572. The largest absolute Gasteiger partial charge is 0.299 e. The Hall–Kier alpha value is -3.13. The molecule has 2 heterocycles. The first kappa shape index (κ1) is 16.3. The van der Waals surface area contributed by atoms with Crippen LogP contribution in [0.2, 0.25) is 0 Å². The highest BCUT2D eigenvalue weighted by Crippen LogP contribution is 2.20. The number of tetrazole rings is 1. The fourth-order valence-electron chi connectivity index (χ4n) is 2.73. The third-order valence-electron chi connectivity index (χ3n) is 3.97. The van der Waals surface area contributed by atoms with E-state index in [4.69, 9.17) is 12.2 Å². The van der Waals surface area contributed by atoms with Crippen LogP contribution in [-0.2, 0) is 6.54 Å². The zero-order chi connectivity index (χ0) is 18.1. The van der Waals surface area contributed by atoms with Gasteiger partial charge in [0.2, 0.25) is 5.82 Å². The summed E-state index contributed by atoms with van der Waals surface area (Å²) in [6.45, 7) is 2.55. The molecule has 0 aliphatic heterocycles. The summed E-state index contributed by atoms with van der Waals surface area (Å²) in [4.78, 5) is 1.51. The van der Waals surface area contributed by atoms with Crippen molar-refractivity contribution in [1.29, 1.82) is 0 Å². The van der Waals surface area contributed by atoms with Crippen LogP contribution in [0.15, 0.2) is 54.7 Å². The van der Waals surface area contributed by atoms with Crippen LogP contribution in [0.1, 0.15) is 11.1 Å². The fraction of sp³-hybridized carbons (Fsp3) is 0.111. The number of aryl methyl sites for hydroxylation is 1. The van der Waals surface area contributed by atoms with Gasteiger partial charge >= 0.3 is 0 Å². The molecule has 4 aromatic rings. The van der Waals surface area contributed by atoms with Gasteiger partial charge in [0.1, 0.15) is 10.5 Å². The van der Waals surface area contributed by atoms with E-state index in [1.54, 1.807) is 24.4 Å². The molecule has 0 bridgehead atoms. The van der Waals surface area contributed by atoms with E-state index in [1.807, 2.05) is 25.1 Å². The van der Waals surface area contributed by atoms with Crippen molar-refractivity contribution in [3.05, 3.63) is 76.3 Å². The van der Waals surface area contributed by atoms with Crippen molar-refractivity contribution in [3.63, 3.8) is 0 Å². The van der Waals surface area contributed by atoms with Crippen molar-refractivity contribution >= 4 is 12.2 Å². The summed E-state index contributed by atoms with van der Waals surface area (Å²) in [5.41, 5.74) is 3.20. The van der Waals surface area contributed by atoms with Crippen LogP contribution in [0.4, 0.5) is 4.39 Å². The average Bonchev–Trinajstić information content (AvgIpc) is 3.22. The summed E-state index contributed by atoms with van der Waals surface area (Å²) in [6.07, 6.45) is 1.66. The van der Waals surface area contributed by atoms with E-state index in [2.05, 4.69) is 26.6 Å². The zero-order valence-electron chi connectivity index (χ0n) is 13.9. The van der Waals surface area contributed by atoms with E-state index in [9.17, 15) is 4.39 Å². The Kier molecular flexibility index (Phi) is 4.18. The molecule has 0 atom stereocenters. The predicted molar refractivity (Wildman–Crippen MR) is 98.0 cm³/mol. The van der Waals surface area contributed by atoms with Gasteiger partial charge in [-0.2, -0.15) is 4.80 Å². The number of nitrogens with one attached hydrogen (secondary N) is 1. The van der Waals surface area contributed by atoms with Crippen LogP contribution in [0.3, 0.4) is 0 Å². The molecule has 0 amide bonds. The molecule has 2 aromatic heterocycles. The van der Waals surface area contributed by atoms with E-state index in [-0.39, 0.29) is 5.82 Å². The Labute approximate surface area is 153 Å². The molecule has 0 spiro atoms. The quantitative estimate of drug-likeness (QED) is 0.560. The minimum absolute atomic E-state index is 0.343. The Bertz CT molecular complexity index is 1130. The highest BCUT2D eigenvalue weighted by Gasteiger charge is 2.14. The summed E-state index contributed by atoms with van der Waals surface area (Å²) >= 11 is 5.45. The third kappa shape index (κ3) is 3.06. The number of rotatable bonds is 4. The van der Waals surface area contributed by atoms with Gasteiger partial charge in [0.15, 0.2) is 0 Å². The van der Waals surface area contributed by atoms with Crippen LogP contribution < -0.4 is 0 Å². The maximum Gasteiger partial charge on any atom is 0.209 e. The second-order valence-electron chi connectivity index (χ2n) is 5.91. The maximum atomic E-state index is 14.0. The zero-order valence-corrected chi connectivity index (χ0v) is 14.7. The normalized spacial score (nSPS) is 11.0. The monoisotopic (exact) mass is 366 g/mol. The molecule has 0 fully saturated rings. The number of halogens is 1. The van der Waals surface area contributed by atoms with E-state index in [0.29, 0.717) is 28.3 Å². The number of H-pyrrole nitrogens is 1. The van der Waals surface area contributed by atoms with Crippen LogP contribution >= 0.6 is 12.2 Å². The standard InChI is InChI=1S/C18H15FN6S/c1-12-5-4-6-13(9-12)11-24-22-17(21-23-24)14-10-20-25(18(14)26)16-8-3-2-7-15(16)19/h2-10,20H,11H2,1H3. The lowest BCUT2D eigenvalue weighted by Crippen LogP contribution is -2.04. The molecule has 8 heteroatoms. The van der Waals surface area contributed by atoms with Crippen molar-refractivity contribution in [2.75, 3.05) is 0 Å².